The van der Waals surface area contributed by atoms with Crippen molar-refractivity contribution in [2.75, 3.05) is 20.2 Å². The fourth-order valence-corrected chi connectivity index (χ4v) is 1.96. The molecule has 6 nitrogen and oxygen atoms in total. The summed E-state index contributed by atoms with van der Waals surface area (Å²) in [6.45, 7) is 4.00. The number of nitrogens with one attached hydrogen (secondary N) is 2. The van der Waals surface area contributed by atoms with Gasteiger partial charge in [-0.2, -0.15) is 0 Å². The van der Waals surface area contributed by atoms with E-state index in [4.69, 9.17) is 9.84 Å². The summed E-state index contributed by atoms with van der Waals surface area (Å²) >= 11 is 0. The van der Waals surface area contributed by atoms with E-state index in [1.807, 2.05) is 0 Å². The molecule has 0 heterocycles. The van der Waals surface area contributed by atoms with Crippen molar-refractivity contribution in [3.05, 3.63) is 0 Å². The highest BCUT2D eigenvalue weighted by Gasteiger charge is 2.37. The van der Waals surface area contributed by atoms with Crippen molar-refractivity contribution >= 4 is 12.0 Å². The van der Waals surface area contributed by atoms with Crippen LogP contribution in [0, 0.1) is 5.41 Å². The van der Waals surface area contributed by atoms with E-state index in [1.54, 1.807) is 21.0 Å². The lowest BCUT2D eigenvalue weighted by Crippen LogP contribution is -2.52. The first-order valence-electron chi connectivity index (χ1n) is 6.68. The number of aliphatic carboxylic acids is 1. The van der Waals surface area contributed by atoms with Crippen molar-refractivity contribution in [3.63, 3.8) is 0 Å². The number of amides is 2. The Morgan fingerprint density at radius 2 is 2.00 bits per heavy atom. The molecule has 0 bridgehead atoms. The molecule has 6 heteroatoms. The zero-order chi connectivity index (χ0) is 14.5. The second kappa shape index (κ2) is 6.23. The van der Waals surface area contributed by atoms with Gasteiger partial charge in [0.25, 0.3) is 0 Å². The predicted octanol–water partition coefficient (Wildman–Crippen LogP) is 1.36. The molecule has 2 amide bonds. The van der Waals surface area contributed by atoms with Gasteiger partial charge in [-0.05, 0) is 32.6 Å². The zero-order valence-corrected chi connectivity index (χ0v) is 11.9. The minimum Gasteiger partial charge on any atom is -0.481 e. The molecule has 0 aromatic rings. The smallest absolute Gasteiger partial charge is 0.314 e. The maximum absolute atomic E-state index is 11.7. The van der Waals surface area contributed by atoms with Crippen molar-refractivity contribution in [3.8, 4) is 0 Å². The summed E-state index contributed by atoms with van der Waals surface area (Å²) in [6.07, 6.45) is 3.48. The maximum atomic E-state index is 11.7. The van der Waals surface area contributed by atoms with E-state index in [9.17, 15) is 9.59 Å². The van der Waals surface area contributed by atoms with Crippen LogP contribution in [0.4, 0.5) is 4.79 Å². The van der Waals surface area contributed by atoms with Gasteiger partial charge >= 0.3 is 12.0 Å². The molecule has 1 aliphatic rings. The van der Waals surface area contributed by atoms with Crippen LogP contribution in [0.3, 0.4) is 0 Å². The van der Waals surface area contributed by atoms with Crippen molar-refractivity contribution in [2.24, 2.45) is 5.41 Å². The van der Waals surface area contributed by atoms with Crippen LogP contribution in [0.2, 0.25) is 0 Å². The van der Waals surface area contributed by atoms with E-state index in [1.165, 1.54) is 0 Å². The van der Waals surface area contributed by atoms with E-state index in [0.717, 1.165) is 19.3 Å². The highest BCUT2D eigenvalue weighted by Crippen LogP contribution is 2.34. The average molecular weight is 272 g/mol. The van der Waals surface area contributed by atoms with Gasteiger partial charge in [-0.3, -0.25) is 4.79 Å². The summed E-state index contributed by atoms with van der Waals surface area (Å²) in [6, 6.07) is -0.343. The van der Waals surface area contributed by atoms with Crippen molar-refractivity contribution in [1.29, 1.82) is 0 Å². The van der Waals surface area contributed by atoms with E-state index in [-0.39, 0.29) is 18.2 Å². The first-order valence-corrected chi connectivity index (χ1v) is 6.68. The topological polar surface area (TPSA) is 87.7 Å². The van der Waals surface area contributed by atoms with Crippen LogP contribution in [0.25, 0.3) is 0 Å². The van der Waals surface area contributed by atoms with Crippen LogP contribution in [0.5, 0.6) is 0 Å². The van der Waals surface area contributed by atoms with Gasteiger partial charge in [0, 0.05) is 20.2 Å². The highest BCUT2D eigenvalue weighted by atomic mass is 16.5. The van der Waals surface area contributed by atoms with Gasteiger partial charge in [0.05, 0.1) is 11.0 Å². The van der Waals surface area contributed by atoms with Gasteiger partial charge in [0.1, 0.15) is 0 Å². The first kappa shape index (κ1) is 15.8. The lowest BCUT2D eigenvalue weighted by Gasteiger charge is -2.40. The Morgan fingerprint density at radius 1 is 1.37 bits per heavy atom. The maximum Gasteiger partial charge on any atom is 0.314 e. The molecular formula is C13H24N2O4. The molecule has 0 aliphatic heterocycles. The van der Waals surface area contributed by atoms with Crippen molar-refractivity contribution in [1.82, 2.24) is 10.6 Å². The molecule has 1 rings (SSSR count). The number of carbonyl (C=O) groups is 2. The largest absolute Gasteiger partial charge is 0.481 e. The number of carboxylic acids is 1. The Morgan fingerprint density at radius 3 is 2.37 bits per heavy atom. The third-order valence-electron chi connectivity index (χ3n) is 4.20. The van der Waals surface area contributed by atoms with Crippen LogP contribution in [0.1, 0.15) is 39.5 Å². The van der Waals surface area contributed by atoms with Crippen molar-refractivity contribution in [2.45, 2.75) is 45.1 Å². The number of hydrogen-bond acceptors (Lipinski definition) is 3. The summed E-state index contributed by atoms with van der Waals surface area (Å²) in [7, 11) is 1.65. The molecular weight excluding hydrogens is 248 g/mol. The normalized spacial score (nSPS) is 19.9. The zero-order valence-electron chi connectivity index (χ0n) is 11.9. The van der Waals surface area contributed by atoms with E-state index in [2.05, 4.69) is 10.6 Å². The Kier molecular flexibility index (Phi) is 5.17. The summed E-state index contributed by atoms with van der Waals surface area (Å²) in [5.41, 5.74) is -1.15. The number of hydrogen-bond donors (Lipinski definition) is 3. The number of rotatable bonds is 7. The van der Waals surface area contributed by atoms with Crippen LogP contribution < -0.4 is 10.6 Å². The Balaban J connectivity index is 2.33. The summed E-state index contributed by atoms with van der Waals surface area (Å²) in [5, 5.41) is 14.5. The highest BCUT2D eigenvalue weighted by molar-refractivity contribution is 5.77. The molecule has 0 spiro atoms. The minimum absolute atomic E-state index is 0.116. The Bertz CT molecular complexity index is 336. The molecule has 1 unspecified atom stereocenters. The molecule has 0 aromatic heterocycles. The fraction of sp³-hybridized carbons (Fsp3) is 0.846. The van der Waals surface area contributed by atoms with Gasteiger partial charge in [0.15, 0.2) is 0 Å². The molecule has 19 heavy (non-hydrogen) atoms. The molecule has 0 aromatic carbocycles. The number of methoxy groups -OCH3 is 1. The lowest BCUT2D eigenvalue weighted by molar-refractivity contribution is -0.147. The molecule has 3 N–H and O–H groups in total. The average Bonchev–Trinajstić information content (AvgIpc) is 2.35. The van der Waals surface area contributed by atoms with E-state index >= 15 is 0 Å². The minimum atomic E-state index is -0.924. The SMILES string of the molecule is CCC(C)(CNC(=O)NCC1(OC)CCC1)C(=O)O. The second-order valence-electron chi connectivity index (χ2n) is 5.50. The molecule has 110 valence electrons. The summed E-state index contributed by atoms with van der Waals surface area (Å²) < 4.78 is 5.39. The lowest BCUT2D eigenvalue weighted by atomic mass is 9.80. The number of carbonyl (C=O) groups excluding carboxylic acids is 1. The number of ether oxygens (including phenoxy) is 1. The molecule has 1 aliphatic carbocycles. The Hall–Kier alpha value is -1.30. The Labute approximate surface area is 113 Å². The second-order valence-corrected chi connectivity index (χ2v) is 5.50. The summed E-state index contributed by atoms with van der Waals surface area (Å²) in [5.74, 6) is -0.900. The van der Waals surface area contributed by atoms with Crippen LogP contribution >= 0.6 is 0 Å². The molecule has 0 saturated heterocycles. The van der Waals surface area contributed by atoms with Gasteiger partial charge in [-0.25, -0.2) is 4.79 Å². The summed E-state index contributed by atoms with van der Waals surface area (Å²) in [4.78, 5) is 22.8. The first-order chi connectivity index (χ1) is 8.87. The van der Waals surface area contributed by atoms with Gasteiger partial charge in [0.2, 0.25) is 0 Å². The van der Waals surface area contributed by atoms with Crippen LogP contribution in [-0.2, 0) is 9.53 Å². The third-order valence-corrected chi connectivity index (χ3v) is 4.20. The predicted molar refractivity (Wildman–Crippen MR) is 71.0 cm³/mol. The molecule has 0 radical (unpaired) electrons. The van der Waals surface area contributed by atoms with E-state index < -0.39 is 11.4 Å². The molecule has 1 saturated carbocycles. The van der Waals surface area contributed by atoms with E-state index in [0.29, 0.717) is 13.0 Å². The van der Waals surface area contributed by atoms with Gasteiger partial charge in [-0.15, -0.1) is 0 Å². The molecule has 1 fully saturated rings. The van der Waals surface area contributed by atoms with Gasteiger partial charge in [-0.1, -0.05) is 6.92 Å². The fourth-order valence-electron chi connectivity index (χ4n) is 1.96. The quantitative estimate of drug-likeness (QED) is 0.653. The van der Waals surface area contributed by atoms with Crippen LogP contribution in [-0.4, -0.2) is 42.9 Å². The standard InChI is InChI=1S/C13H24N2O4/c1-4-12(2,10(16)17)8-14-11(18)15-9-13(19-3)6-5-7-13/h4-9H2,1-3H3,(H,16,17)(H2,14,15,18). The third kappa shape index (κ3) is 3.83. The van der Waals surface area contributed by atoms with Crippen LogP contribution in [0.15, 0.2) is 0 Å². The number of urea groups is 1. The molecule has 1 atom stereocenters. The van der Waals surface area contributed by atoms with Crippen molar-refractivity contribution < 1.29 is 19.4 Å². The van der Waals surface area contributed by atoms with Gasteiger partial charge < -0.3 is 20.5 Å². The number of carboxylic acid groups (broad SMARTS) is 1. The monoisotopic (exact) mass is 272 g/mol.